The van der Waals surface area contributed by atoms with E-state index in [0.717, 1.165) is 60.8 Å². The highest BCUT2D eigenvalue weighted by Gasteiger charge is 2.29. The van der Waals surface area contributed by atoms with Crippen LogP contribution in [-0.2, 0) is 27.1 Å². The van der Waals surface area contributed by atoms with E-state index in [4.69, 9.17) is 9.72 Å². The van der Waals surface area contributed by atoms with Gasteiger partial charge in [0.25, 0.3) is 0 Å². The number of sulfonamides is 1. The van der Waals surface area contributed by atoms with Crippen LogP contribution < -0.4 is 0 Å². The van der Waals surface area contributed by atoms with E-state index in [9.17, 15) is 8.42 Å². The maximum atomic E-state index is 13.4. The van der Waals surface area contributed by atoms with Crippen molar-refractivity contribution >= 4 is 32.8 Å². The molecule has 2 aliphatic heterocycles. The van der Waals surface area contributed by atoms with Gasteiger partial charge in [-0.25, -0.2) is 13.4 Å². The number of aryl methyl sites for hydroxylation is 1. The molecule has 3 heterocycles. The van der Waals surface area contributed by atoms with Crippen molar-refractivity contribution in [2.24, 2.45) is 5.92 Å². The van der Waals surface area contributed by atoms with Crippen LogP contribution in [0.4, 0.5) is 0 Å². The van der Waals surface area contributed by atoms with Crippen LogP contribution >= 0.6 is 11.8 Å². The van der Waals surface area contributed by atoms with E-state index >= 15 is 0 Å². The van der Waals surface area contributed by atoms with Gasteiger partial charge < -0.3 is 9.30 Å². The molecule has 0 saturated carbocycles. The maximum absolute atomic E-state index is 13.4. The van der Waals surface area contributed by atoms with Gasteiger partial charge in [0.05, 0.1) is 28.6 Å². The molecule has 8 heteroatoms. The number of imidazole rings is 1. The normalized spacial score (nSPS) is 21.9. The fourth-order valence-electron chi connectivity index (χ4n) is 4.99. The first-order valence-electron chi connectivity index (χ1n) is 12.2. The first-order valence-corrected chi connectivity index (χ1v) is 14.6. The van der Waals surface area contributed by atoms with Gasteiger partial charge in [0.2, 0.25) is 10.0 Å². The van der Waals surface area contributed by atoms with E-state index in [0.29, 0.717) is 23.9 Å². The zero-order chi connectivity index (χ0) is 23.7. The quantitative estimate of drug-likeness (QED) is 0.416. The van der Waals surface area contributed by atoms with Crippen LogP contribution in [0.15, 0.2) is 52.5 Å². The number of hydrogen-bond donors (Lipinski definition) is 0. The van der Waals surface area contributed by atoms with E-state index in [1.807, 2.05) is 6.07 Å². The largest absolute Gasteiger partial charge is 0.376 e. The minimum Gasteiger partial charge on any atom is -0.376 e. The predicted molar refractivity (Wildman–Crippen MR) is 137 cm³/mol. The Morgan fingerprint density at radius 2 is 2.03 bits per heavy atom. The molecule has 2 atom stereocenters. The van der Waals surface area contributed by atoms with Crippen LogP contribution in [0.1, 0.15) is 43.7 Å². The van der Waals surface area contributed by atoms with E-state index in [-0.39, 0.29) is 6.10 Å². The lowest BCUT2D eigenvalue weighted by atomic mass is 10.0. The monoisotopic (exact) mass is 499 g/mol. The summed E-state index contributed by atoms with van der Waals surface area (Å²) in [6, 6.07) is 14.0. The third kappa shape index (κ3) is 5.05. The summed E-state index contributed by atoms with van der Waals surface area (Å²) in [5.74, 6) is 1.20. The summed E-state index contributed by atoms with van der Waals surface area (Å²) in [5, 5.41) is 0.910. The maximum Gasteiger partial charge on any atom is 0.243 e. The molecule has 6 nitrogen and oxygen atoms in total. The lowest BCUT2D eigenvalue weighted by Crippen LogP contribution is -2.39. The summed E-state index contributed by atoms with van der Waals surface area (Å²) in [4.78, 5) is 5.25. The molecule has 1 aromatic heterocycles. The van der Waals surface area contributed by atoms with Gasteiger partial charge in [0.1, 0.15) is 0 Å². The second-order valence-corrected chi connectivity index (χ2v) is 12.6. The molecule has 5 rings (SSSR count). The van der Waals surface area contributed by atoms with Crippen molar-refractivity contribution in [3.8, 4) is 0 Å². The molecule has 182 valence electrons. The van der Waals surface area contributed by atoms with Crippen molar-refractivity contribution in [2.45, 2.75) is 68.0 Å². The molecule has 0 N–H and O–H groups in total. The standard InChI is InChI=1S/C26H33N3O3S2/c1-19-6-3-8-21(14-19)18-33-26-27-24-15-23(34(30,31)28-12-4-7-20(2)16-28)10-11-25(24)29(26)17-22-9-5-13-32-22/h3,6,8,10-11,14-15,20,22H,4-5,7,9,12-13,16-18H2,1-2H3/t20-,22-/m1/s1. The molecule has 2 saturated heterocycles. The second-order valence-electron chi connectivity index (χ2n) is 9.68. The van der Waals surface area contributed by atoms with Gasteiger partial charge in [-0.2, -0.15) is 4.31 Å². The third-order valence-electron chi connectivity index (χ3n) is 6.80. The number of hydrogen-bond acceptors (Lipinski definition) is 5. The van der Waals surface area contributed by atoms with Crippen LogP contribution in [0, 0.1) is 12.8 Å². The average Bonchev–Trinajstić information content (AvgIpc) is 3.46. The van der Waals surface area contributed by atoms with Gasteiger partial charge in [0, 0.05) is 25.4 Å². The van der Waals surface area contributed by atoms with E-state index in [1.165, 1.54) is 11.1 Å². The van der Waals surface area contributed by atoms with Gasteiger partial charge in [-0.05, 0) is 62.3 Å². The Labute approximate surface area is 206 Å². The molecule has 2 fully saturated rings. The highest BCUT2D eigenvalue weighted by atomic mass is 32.2. The van der Waals surface area contributed by atoms with Crippen molar-refractivity contribution in [3.05, 3.63) is 53.6 Å². The second kappa shape index (κ2) is 10.0. The van der Waals surface area contributed by atoms with Crippen LogP contribution in [-0.4, -0.2) is 48.1 Å². The zero-order valence-corrected chi connectivity index (χ0v) is 21.6. The zero-order valence-electron chi connectivity index (χ0n) is 19.9. The van der Waals surface area contributed by atoms with Gasteiger partial charge in [-0.15, -0.1) is 0 Å². The van der Waals surface area contributed by atoms with Crippen molar-refractivity contribution < 1.29 is 13.2 Å². The SMILES string of the molecule is Cc1cccc(CSc2nc3cc(S(=O)(=O)N4CCC[C@@H](C)C4)ccc3n2C[C@H]2CCCO2)c1. The Morgan fingerprint density at radius 1 is 1.15 bits per heavy atom. The average molecular weight is 500 g/mol. The molecule has 0 unspecified atom stereocenters. The van der Waals surface area contributed by atoms with Gasteiger partial charge in [-0.3, -0.25) is 0 Å². The predicted octanol–water partition coefficient (Wildman–Crippen LogP) is 5.24. The highest BCUT2D eigenvalue weighted by Crippen LogP contribution is 2.31. The van der Waals surface area contributed by atoms with Gasteiger partial charge in [-0.1, -0.05) is 48.5 Å². The summed E-state index contributed by atoms with van der Waals surface area (Å²) in [6.45, 7) is 6.95. The molecule has 0 spiro atoms. The molecule has 2 aliphatic rings. The molecule has 0 radical (unpaired) electrons. The molecular weight excluding hydrogens is 466 g/mol. The summed E-state index contributed by atoms with van der Waals surface area (Å²) in [6.07, 6.45) is 4.30. The van der Waals surface area contributed by atoms with Gasteiger partial charge in [0.15, 0.2) is 5.16 Å². The summed E-state index contributed by atoms with van der Waals surface area (Å²) < 4.78 is 36.5. The number of aromatic nitrogens is 2. The Hall–Kier alpha value is -1.87. The third-order valence-corrected chi connectivity index (χ3v) is 9.71. The lowest BCUT2D eigenvalue weighted by molar-refractivity contribution is 0.0960. The number of rotatable bonds is 7. The molecule has 3 aromatic rings. The van der Waals surface area contributed by atoms with Crippen molar-refractivity contribution in [3.63, 3.8) is 0 Å². The first kappa shape index (κ1) is 23.9. The fraction of sp³-hybridized carbons (Fsp3) is 0.500. The number of benzene rings is 2. The summed E-state index contributed by atoms with van der Waals surface area (Å²) in [7, 11) is -3.52. The van der Waals surface area contributed by atoms with Crippen LogP contribution in [0.5, 0.6) is 0 Å². The summed E-state index contributed by atoms with van der Waals surface area (Å²) >= 11 is 1.70. The van der Waals surface area contributed by atoms with E-state index < -0.39 is 10.0 Å². The van der Waals surface area contributed by atoms with E-state index in [1.54, 1.807) is 28.2 Å². The van der Waals surface area contributed by atoms with Gasteiger partial charge >= 0.3 is 0 Å². The minimum absolute atomic E-state index is 0.175. The lowest BCUT2D eigenvalue weighted by Gasteiger charge is -2.30. The minimum atomic E-state index is -3.52. The number of nitrogens with zero attached hydrogens (tertiary/aromatic N) is 3. The summed E-state index contributed by atoms with van der Waals surface area (Å²) in [5.41, 5.74) is 4.19. The number of fused-ring (bicyclic) bond motifs is 1. The van der Waals surface area contributed by atoms with Crippen molar-refractivity contribution in [1.29, 1.82) is 0 Å². The fourth-order valence-corrected chi connectivity index (χ4v) is 7.58. The number of ether oxygens (including phenoxy) is 1. The van der Waals surface area contributed by atoms with E-state index in [2.05, 4.69) is 42.7 Å². The Kier molecular flexibility index (Phi) is 7.02. The first-order chi connectivity index (χ1) is 16.4. The van der Waals surface area contributed by atoms with Crippen molar-refractivity contribution in [2.75, 3.05) is 19.7 Å². The molecular formula is C26H33N3O3S2. The number of thioether (sulfide) groups is 1. The molecule has 0 amide bonds. The molecule has 34 heavy (non-hydrogen) atoms. The highest BCUT2D eigenvalue weighted by molar-refractivity contribution is 7.98. The van der Waals surface area contributed by atoms with Crippen LogP contribution in [0.3, 0.4) is 0 Å². The van der Waals surface area contributed by atoms with Crippen molar-refractivity contribution in [1.82, 2.24) is 13.9 Å². The Bertz CT molecular complexity index is 1270. The molecule has 0 aliphatic carbocycles. The Balaban J connectivity index is 1.47. The Morgan fingerprint density at radius 3 is 2.79 bits per heavy atom. The molecule has 0 bridgehead atoms. The number of piperidine rings is 1. The molecule has 2 aromatic carbocycles. The van der Waals surface area contributed by atoms with Crippen LogP contribution in [0.2, 0.25) is 0 Å². The topological polar surface area (TPSA) is 64.4 Å². The van der Waals surface area contributed by atoms with Crippen LogP contribution in [0.25, 0.3) is 11.0 Å². The smallest absolute Gasteiger partial charge is 0.243 e.